The zero-order valence-corrected chi connectivity index (χ0v) is 8.53. The Bertz CT molecular complexity index is 313. The summed E-state index contributed by atoms with van der Waals surface area (Å²) >= 11 is 0. The van der Waals surface area contributed by atoms with Crippen LogP contribution in [0.3, 0.4) is 0 Å². The Labute approximate surface area is 86.0 Å². The molecule has 0 aromatic rings. The first-order valence-electron chi connectivity index (χ1n) is 4.07. The minimum Gasteiger partial charge on any atom is -0.388 e. The van der Waals surface area contributed by atoms with Gasteiger partial charge in [0.15, 0.2) is 0 Å². The van der Waals surface area contributed by atoms with E-state index < -0.39 is 41.1 Å². The molecule has 0 aromatic heterocycles. The van der Waals surface area contributed by atoms with E-state index in [1.165, 1.54) is 6.92 Å². The third-order valence-electron chi connectivity index (χ3n) is 2.02. The fraction of sp³-hybridized carbons (Fsp3) is 1.00. The van der Waals surface area contributed by atoms with Crippen molar-refractivity contribution in [2.75, 3.05) is 0 Å². The van der Waals surface area contributed by atoms with Crippen molar-refractivity contribution in [2.24, 2.45) is 0 Å². The third kappa shape index (κ3) is 3.08. The molecule has 0 spiro atoms. The second-order valence-corrected chi connectivity index (χ2v) is 4.25. The molecule has 4 N–H and O–H groups in total. The monoisotopic (exact) mass is 244 g/mol. The molecule has 15 heavy (non-hydrogen) atoms. The van der Waals surface area contributed by atoms with Crippen molar-refractivity contribution in [2.45, 2.75) is 37.6 Å². The Morgan fingerprint density at radius 1 is 1.13 bits per heavy atom. The van der Waals surface area contributed by atoms with Crippen molar-refractivity contribution in [3.63, 3.8) is 0 Å². The lowest BCUT2D eigenvalue weighted by molar-refractivity contribution is -0.268. The van der Waals surface area contributed by atoms with Gasteiger partial charge in [-0.3, -0.25) is 4.55 Å². The van der Waals surface area contributed by atoms with Crippen molar-refractivity contribution in [1.82, 2.24) is 0 Å². The van der Waals surface area contributed by atoms with Crippen molar-refractivity contribution >= 4 is 10.4 Å². The van der Waals surface area contributed by atoms with Gasteiger partial charge in [-0.25, -0.2) is 4.18 Å². The van der Waals surface area contributed by atoms with Gasteiger partial charge in [-0.05, 0) is 6.92 Å². The lowest BCUT2D eigenvalue weighted by atomic mass is 10.0. The molecule has 0 amide bonds. The Morgan fingerprint density at radius 3 is 2.13 bits per heavy atom. The number of aliphatic hydroxyl groups excluding tert-OH is 3. The molecule has 1 rings (SSSR count). The maximum atomic E-state index is 10.3. The zero-order chi connectivity index (χ0) is 11.8. The van der Waals surface area contributed by atoms with Crippen LogP contribution >= 0.6 is 0 Å². The first-order chi connectivity index (χ1) is 6.72. The van der Waals surface area contributed by atoms with E-state index in [0.717, 1.165) is 0 Å². The summed E-state index contributed by atoms with van der Waals surface area (Å²) in [7, 11) is -4.80. The van der Waals surface area contributed by atoms with Gasteiger partial charge in [-0.1, -0.05) is 0 Å². The summed E-state index contributed by atoms with van der Waals surface area (Å²) in [6.45, 7) is 1.35. The van der Waals surface area contributed by atoms with E-state index in [4.69, 9.17) is 9.29 Å². The molecule has 0 aromatic carbocycles. The lowest BCUT2D eigenvalue weighted by Gasteiger charge is -2.37. The van der Waals surface area contributed by atoms with Crippen LogP contribution in [0.5, 0.6) is 0 Å². The van der Waals surface area contributed by atoms with E-state index in [-0.39, 0.29) is 0 Å². The van der Waals surface area contributed by atoms with Gasteiger partial charge in [-0.2, -0.15) is 8.42 Å². The summed E-state index contributed by atoms with van der Waals surface area (Å²) in [4.78, 5) is 0. The quantitative estimate of drug-likeness (QED) is 0.396. The van der Waals surface area contributed by atoms with Crippen molar-refractivity contribution in [3.05, 3.63) is 0 Å². The molecule has 90 valence electrons. The standard InChI is InChI=1S/C6H12O8S/c1-2-3(7)4(8)5(9)6(13-2)14-15(10,11)12/h2-9H,1H3,(H,10,11,12)/t2-,3-,4+,5-,6?/m1/s1. The number of hydrogen-bond acceptors (Lipinski definition) is 7. The predicted molar refractivity (Wildman–Crippen MR) is 45.0 cm³/mol. The summed E-state index contributed by atoms with van der Waals surface area (Å²) in [5.74, 6) is 0. The van der Waals surface area contributed by atoms with Gasteiger partial charge >= 0.3 is 10.4 Å². The summed E-state index contributed by atoms with van der Waals surface area (Å²) in [5.41, 5.74) is 0. The molecule has 5 atom stereocenters. The van der Waals surface area contributed by atoms with Crippen LogP contribution in [0.2, 0.25) is 0 Å². The number of hydrogen-bond donors (Lipinski definition) is 4. The SMILES string of the molecule is C[C@H]1OC(OS(=O)(=O)O)[C@H](O)[C@@H](O)[C@@H]1O. The number of ether oxygens (including phenoxy) is 1. The molecule has 0 saturated carbocycles. The number of rotatable bonds is 2. The molecule has 1 fully saturated rings. The molecule has 1 aliphatic rings. The Kier molecular flexibility index (Phi) is 3.66. The van der Waals surface area contributed by atoms with Crippen LogP contribution in [0.4, 0.5) is 0 Å². The number of aliphatic hydroxyl groups is 3. The smallest absolute Gasteiger partial charge is 0.388 e. The lowest BCUT2D eigenvalue weighted by Crippen LogP contribution is -2.57. The highest BCUT2D eigenvalue weighted by Crippen LogP contribution is 2.22. The average molecular weight is 244 g/mol. The second kappa shape index (κ2) is 4.29. The van der Waals surface area contributed by atoms with E-state index in [9.17, 15) is 23.7 Å². The fourth-order valence-electron chi connectivity index (χ4n) is 1.21. The van der Waals surface area contributed by atoms with E-state index >= 15 is 0 Å². The molecular weight excluding hydrogens is 232 g/mol. The van der Waals surface area contributed by atoms with Gasteiger partial charge in [0.25, 0.3) is 0 Å². The van der Waals surface area contributed by atoms with Crippen molar-refractivity contribution < 1.29 is 37.2 Å². The first-order valence-corrected chi connectivity index (χ1v) is 5.44. The van der Waals surface area contributed by atoms with Gasteiger partial charge in [0, 0.05) is 0 Å². The molecule has 9 heteroatoms. The maximum absolute atomic E-state index is 10.3. The van der Waals surface area contributed by atoms with Gasteiger partial charge < -0.3 is 20.1 Å². The fourth-order valence-corrected chi connectivity index (χ4v) is 1.61. The Balaban J connectivity index is 2.75. The predicted octanol–water partition coefficient (Wildman–Crippen LogP) is -2.37. The minimum atomic E-state index is -4.80. The van der Waals surface area contributed by atoms with Gasteiger partial charge in [0.2, 0.25) is 6.29 Å². The van der Waals surface area contributed by atoms with Crippen molar-refractivity contribution in [1.29, 1.82) is 0 Å². The van der Waals surface area contributed by atoms with E-state index in [2.05, 4.69) is 4.18 Å². The van der Waals surface area contributed by atoms with Crippen LogP contribution in [0, 0.1) is 0 Å². The normalized spacial score (nSPS) is 42.9. The van der Waals surface area contributed by atoms with Crippen LogP contribution < -0.4 is 0 Å². The molecule has 1 saturated heterocycles. The zero-order valence-electron chi connectivity index (χ0n) is 7.72. The highest BCUT2D eigenvalue weighted by atomic mass is 32.3. The average Bonchev–Trinajstić information content (AvgIpc) is 2.08. The highest BCUT2D eigenvalue weighted by molar-refractivity contribution is 7.80. The Morgan fingerprint density at radius 2 is 1.67 bits per heavy atom. The van der Waals surface area contributed by atoms with Gasteiger partial charge in [0.1, 0.15) is 18.3 Å². The largest absolute Gasteiger partial charge is 0.399 e. The first kappa shape index (κ1) is 12.8. The second-order valence-electron chi connectivity index (χ2n) is 3.21. The van der Waals surface area contributed by atoms with Crippen LogP contribution in [-0.4, -0.2) is 59.0 Å². The maximum Gasteiger partial charge on any atom is 0.399 e. The molecule has 1 heterocycles. The van der Waals surface area contributed by atoms with Crippen LogP contribution in [0.15, 0.2) is 0 Å². The van der Waals surface area contributed by atoms with E-state index in [1.54, 1.807) is 0 Å². The summed E-state index contributed by atoms with van der Waals surface area (Å²) in [5, 5.41) is 27.7. The summed E-state index contributed by atoms with van der Waals surface area (Å²) in [6.07, 6.45) is -7.41. The molecule has 1 aliphatic heterocycles. The van der Waals surface area contributed by atoms with Crippen LogP contribution in [-0.2, 0) is 19.3 Å². The van der Waals surface area contributed by atoms with Crippen LogP contribution in [0.25, 0.3) is 0 Å². The molecular formula is C6H12O8S. The molecule has 1 unspecified atom stereocenters. The molecule has 0 bridgehead atoms. The van der Waals surface area contributed by atoms with Gasteiger partial charge in [0.05, 0.1) is 6.10 Å². The minimum absolute atomic E-state index is 0.935. The van der Waals surface area contributed by atoms with E-state index in [1.807, 2.05) is 0 Å². The highest BCUT2D eigenvalue weighted by Gasteiger charge is 2.44. The van der Waals surface area contributed by atoms with Crippen LogP contribution in [0.1, 0.15) is 6.92 Å². The molecule has 0 aliphatic carbocycles. The molecule has 8 nitrogen and oxygen atoms in total. The molecule has 0 radical (unpaired) electrons. The summed E-state index contributed by atoms with van der Waals surface area (Å²) < 4.78 is 37.7. The van der Waals surface area contributed by atoms with E-state index in [0.29, 0.717) is 0 Å². The summed E-state index contributed by atoms with van der Waals surface area (Å²) in [6, 6.07) is 0. The Hall–Kier alpha value is -0.290. The van der Waals surface area contributed by atoms with Gasteiger partial charge in [-0.15, -0.1) is 0 Å². The topological polar surface area (TPSA) is 134 Å². The van der Waals surface area contributed by atoms with Crippen molar-refractivity contribution in [3.8, 4) is 0 Å². The third-order valence-corrected chi connectivity index (χ3v) is 2.46.